The lowest BCUT2D eigenvalue weighted by molar-refractivity contribution is 0.172. The van der Waals surface area contributed by atoms with Crippen LogP contribution in [0.5, 0.6) is 0 Å². The van der Waals surface area contributed by atoms with Gasteiger partial charge >= 0.3 is 0 Å². The highest BCUT2D eigenvalue weighted by atomic mass is 79.9. The SMILES string of the molecule is O=c1ccn(C2CCCN(Cc3ccccc3)C2)c2c1cnc1[nH]cc(Br)c12. The summed E-state index contributed by atoms with van der Waals surface area (Å²) in [5, 5.41) is 1.66. The molecule has 1 aromatic carbocycles. The predicted octanol–water partition coefficient (Wildman–Crippen LogP) is 4.48. The average Bonchev–Trinajstić information content (AvgIpc) is 3.10. The van der Waals surface area contributed by atoms with Gasteiger partial charge in [-0.3, -0.25) is 9.69 Å². The minimum atomic E-state index is 0.0192. The molecule has 142 valence electrons. The van der Waals surface area contributed by atoms with Crippen LogP contribution in [0.3, 0.4) is 0 Å². The number of nitrogens with zero attached hydrogens (tertiary/aromatic N) is 3. The minimum absolute atomic E-state index is 0.0192. The number of hydrogen-bond donors (Lipinski definition) is 1. The van der Waals surface area contributed by atoms with Crippen LogP contribution in [0.2, 0.25) is 0 Å². The molecular formula is C22H21BrN4O. The Balaban J connectivity index is 1.57. The first kappa shape index (κ1) is 17.6. The first-order valence-corrected chi connectivity index (χ1v) is 10.4. The Kier molecular flexibility index (Phi) is 4.53. The summed E-state index contributed by atoms with van der Waals surface area (Å²) in [6.45, 7) is 3.04. The third-order valence-electron chi connectivity index (χ3n) is 5.66. The van der Waals surface area contributed by atoms with Crippen LogP contribution in [0.4, 0.5) is 0 Å². The molecule has 0 spiro atoms. The molecule has 6 heteroatoms. The molecule has 1 unspecified atom stereocenters. The van der Waals surface area contributed by atoms with Crippen LogP contribution in [0.1, 0.15) is 24.4 Å². The van der Waals surface area contributed by atoms with E-state index in [2.05, 4.69) is 65.7 Å². The molecular weight excluding hydrogens is 416 g/mol. The van der Waals surface area contributed by atoms with Crippen LogP contribution in [-0.4, -0.2) is 32.5 Å². The van der Waals surface area contributed by atoms with Gasteiger partial charge in [0.25, 0.3) is 0 Å². The molecule has 1 aliphatic rings. The van der Waals surface area contributed by atoms with E-state index in [0.717, 1.165) is 53.5 Å². The van der Waals surface area contributed by atoms with Crippen molar-refractivity contribution in [1.29, 1.82) is 0 Å². The zero-order valence-corrected chi connectivity index (χ0v) is 17.0. The maximum absolute atomic E-state index is 12.5. The van der Waals surface area contributed by atoms with E-state index >= 15 is 0 Å². The third kappa shape index (κ3) is 3.06. The van der Waals surface area contributed by atoms with Crippen molar-refractivity contribution in [3.05, 3.63) is 75.2 Å². The van der Waals surface area contributed by atoms with E-state index in [1.54, 1.807) is 12.3 Å². The highest BCUT2D eigenvalue weighted by Gasteiger charge is 2.23. The number of hydrogen-bond acceptors (Lipinski definition) is 3. The predicted molar refractivity (Wildman–Crippen MR) is 116 cm³/mol. The lowest BCUT2D eigenvalue weighted by Gasteiger charge is -2.34. The molecule has 3 aromatic heterocycles. The van der Waals surface area contributed by atoms with Crippen LogP contribution < -0.4 is 5.43 Å². The van der Waals surface area contributed by atoms with Gasteiger partial charge in [0.1, 0.15) is 5.65 Å². The van der Waals surface area contributed by atoms with Gasteiger partial charge in [0.2, 0.25) is 0 Å². The van der Waals surface area contributed by atoms with Crippen LogP contribution in [0.25, 0.3) is 21.9 Å². The first-order chi connectivity index (χ1) is 13.7. The van der Waals surface area contributed by atoms with Crippen molar-refractivity contribution in [3.8, 4) is 0 Å². The molecule has 1 aliphatic heterocycles. The Morgan fingerprint density at radius 2 is 2.07 bits per heavy atom. The normalized spacial score (nSPS) is 18.1. The second-order valence-electron chi connectivity index (χ2n) is 7.48. The molecule has 0 saturated carbocycles. The minimum Gasteiger partial charge on any atom is -0.345 e. The zero-order chi connectivity index (χ0) is 19.1. The summed E-state index contributed by atoms with van der Waals surface area (Å²) >= 11 is 3.63. The van der Waals surface area contributed by atoms with Crippen LogP contribution >= 0.6 is 15.9 Å². The maximum Gasteiger partial charge on any atom is 0.190 e. The number of pyridine rings is 2. The van der Waals surface area contributed by atoms with Crippen LogP contribution in [0, 0.1) is 0 Å². The van der Waals surface area contributed by atoms with Crippen molar-refractivity contribution in [3.63, 3.8) is 0 Å². The Bertz CT molecular complexity index is 1200. The number of benzene rings is 1. The summed E-state index contributed by atoms with van der Waals surface area (Å²) in [6.07, 6.45) is 7.80. The molecule has 0 aliphatic carbocycles. The van der Waals surface area contributed by atoms with E-state index in [1.165, 1.54) is 5.56 Å². The smallest absolute Gasteiger partial charge is 0.190 e. The van der Waals surface area contributed by atoms with Crippen molar-refractivity contribution in [2.45, 2.75) is 25.4 Å². The number of aromatic nitrogens is 3. The van der Waals surface area contributed by atoms with Crippen molar-refractivity contribution in [2.24, 2.45) is 0 Å². The van der Waals surface area contributed by atoms with E-state index < -0.39 is 0 Å². The lowest BCUT2D eigenvalue weighted by atomic mass is 10.0. The number of likely N-dealkylation sites (tertiary alicyclic amines) is 1. The fourth-order valence-corrected chi connectivity index (χ4v) is 4.84. The van der Waals surface area contributed by atoms with Crippen LogP contribution in [-0.2, 0) is 6.54 Å². The molecule has 1 N–H and O–H groups in total. The van der Waals surface area contributed by atoms with Crippen LogP contribution in [0.15, 0.2) is 64.3 Å². The number of rotatable bonds is 3. The van der Waals surface area contributed by atoms with Gasteiger partial charge in [-0.1, -0.05) is 30.3 Å². The molecule has 28 heavy (non-hydrogen) atoms. The lowest BCUT2D eigenvalue weighted by Crippen LogP contribution is -2.36. The summed E-state index contributed by atoms with van der Waals surface area (Å²) in [7, 11) is 0. The van der Waals surface area contributed by atoms with Gasteiger partial charge in [0.05, 0.1) is 16.3 Å². The Morgan fingerprint density at radius 1 is 1.21 bits per heavy atom. The molecule has 5 rings (SSSR count). The van der Waals surface area contributed by atoms with Gasteiger partial charge in [-0.2, -0.15) is 0 Å². The number of piperidine rings is 1. The molecule has 1 saturated heterocycles. The number of halogens is 1. The molecule has 0 amide bonds. The Labute approximate surface area is 171 Å². The Hall–Kier alpha value is -2.44. The quantitative estimate of drug-likeness (QED) is 0.515. The van der Waals surface area contributed by atoms with Crippen molar-refractivity contribution < 1.29 is 0 Å². The summed E-state index contributed by atoms with van der Waals surface area (Å²) in [4.78, 5) is 22.6. The topological polar surface area (TPSA) is 53.9 Å². The molecule has 4 aromatic rings. The summed E-state index contributed by atoms with van der Waals surface area (Å²) in [6, 6.07) is 12.6. The monoisotopic (exact) mass is 436 g/mol. The number of nitrogens with one attached hydrogen (secondary N) is 1. The molecule has 0 bridgehead atoms. The molecule has 5 nitrogen and oxygen atoms in total. The third-order valence-corrected chi connectivity index (χ3v) is 6.28. The van der Waals surface area contributed by atoms with Crippen molar-refractivity contribution in [2.75, 3.05) is 13.1 Å². The fourth-order valence-electron chi connectivity index (χ4n) is 4.35. The van der Waals surface area contributed by atoms with Gasteiger partial charge < -0.3 is 9.55 Å². The zero-order valence-electron chi connectivity index (χ0n) is 15.4. The number of H-pyrrole nitrogens is 1. The second-order valence-corrected chi connectivity index (χ2v) is 8.34. The largest absolute Gasteiger partial charge is 0.345 e. The van der Waals surface area contributed by atoms with Gasteiger partial charge in [-0.15, -0.1) is 0 Å². The number of fused-ring (bicyclic) bond motifs is 3. The highest BCUT2D eigenvalue weighted by Crippen LogP contribution is 2.32. The fraction of sp³-hybridized carbons (Fsp3) is 0.273. The molecule has 1 fully saturated rings. The summed E-state index contributed by atoms with van der Waals surface area (Å²) < 4.78 is 3.23. The highest BCUT2D eigenvalue weighted by molar-refractivity contribution is 9.10. The van der Waals surface area contributed by atoms with E-state index in [0.29, 0.717) is 11.4 Å². The molecule has 0 radical (unpaired) electrons. The maximum atomic E-state index is 12.5. The van der Waals surface area contributed by atoms with Crippen molar-refractivity contribution >= 4 is 37.9 Å². The molecule has 4 heterocycles. The molecule has 1 atom stereocenters. The summed E-state index contributed by atoms with van der Waals surface area (Å²) in [5.41, 5.74) is 3.13. The Morgan fingerprint density at radius 3 is 2.93 bits per heavy atom. The van der Waals surface area contributed by atoms with Gasteiger partial charge in [0.15, 0.2) is 5.43 Å². The second kappa shape index (κ2) is 7.18. The average molecular weight is 437 g/mol. The summed E-state index contributed by atoms with van der Waals surface area (Å²) in [5.74, 6) is 0. The standard InChI is InChI=1S/C22H21BrN4O/c23-18-12-25-22-20(18)21-17(11-24-22)19(28)8-10-27(21)16-7-4-9-26(14-16)13-15-5-2-1-3-6-15/h1-3,5-6,8,10-12,16H,4,7,9,13-14H2,(H,24,25). The van der Waals surface area contributed by atoms with Gasteiger partial charge in [-0.25, -0.2) is 4.98 Å². The first-order valence-electron chi connectivity index (χ1n) is 9.63. The van der Waals surface area contributed by atoms with E-state index in [4.69, 9.17) is 0 Å². The number of aromatic amines is 1. The van der Waals surface area contributed by atoms with E-state index in [-0.39, 0.29) is 5.43 Å². The van der Waals surface area contributed by atoms with E-state index in [1.807, 2.05) is 12.4 Å². The van der Waals surface area contributed by atoms with Crippen molar-refractivity contribution in [1.82, 2.24) is 19.4 Å². The van der Waals surface area contributed by atoms with E-state index in [9.17, 15) is 4.79 Å². The van der Waals surface area contributed by atoms with Gasteiger partial charge in [0, 0.05) is 48.3 Å². The van der Waals surface area contributed by atoms with Gasteiger partial charge in [-0.05, 0) is 40.9 Å².